The number of sulfonamides is 1. The standard InChI is InChI=1S/C23H19ClFN3O4S/c1-32-17-6-4-5-15(11-17)13-26-22(29)14-28-27-23(18-7-2-3-8-20(18)25)19-12-16(24)9-10-21(19)33(28,30)31/h2-12H,13-14H2,1H3,(H,26,29). The number of ether oxygens (including phenoxy) is 1. The van der Waals surface area contributed by atoms with Crippen molar-refractivity contribution >= 4 is 33.2 Å². The molecule has 1 aliphatic heterocycles. The summed E-state index contributed by atoms with van der Waals surface area (Å²) in [5, 5.41) is 7.10. The van der Waals surface area contributed by atoms with Crippen LogP contribution in [0.2, 0.25) is 5.02 Å². The number of benzene rings is 3. The Balaban J connectivity index is 1.64. The molecule has 0 spiro atoms. The van der Waals surface area contributed by atoms with Gasteiger partial charge in [-0.3, -0.25) is 4.79 Å². The number of hydrazone groups is 1. The van der Waals surface area contributed by atoms with Crippen molar-refractivity contribution in [3.8, 4) is 5.75 Å². The summed E-state index contributed by atoms with van der Waals surface area (Å²) in [6, 6.07) is 17.1. The molecule has 3 aromatic carbocycles. The molecule has 0 radical (unpaired) electrons. The van der Waals surface area contributed by atoms with Crippen molar-refractivity contribution < 1.29 is 22.3 Å². The van der Waals surface area contributed by atoms with E-state index in [9.17, 15) is 17.6 Å². The Morgan fingerprint density at radius 3 is 2.64 bits per heavy atom. The first-order chi connectivity index (χ1) is 15.8. The summed E-state index contributed by atoms with van der Waals surface area (Å²) >= 11 is 6.07. The first-order valence-corrected chi connectivity index (χ1v) is 11.7. The van der Waals surface area contributed by atoms with Gasteiger partial charge in [-0.1, -0.05) is 35.9 Å². The average molecular weight is 488 g/mol. The molecular formula is C23H19ClFN3O4S. The van der Waals surface area contributed by atoms with E-state index in [1.54, 1.807) is 30.3 Å². The van der Waals surface area contributed by atoms with Crippen LogP contribution >= 0.6 is 11.6 Å². The van der Waals surface area contributed by atoms with Crippen molar-refractivity contribution in [3.63, 3.8) is 0 Å². The predicted octanol–water partition coefficient (Wildman–Crippen LogP) is 3.56. The van der Waals surface area contributed by atoms with Crippen molar-refractivity contribution in [2.45, 2.75) is 11.4 Å². The normalized spacial score (nSPS) is 14.3. The zero-order chi connectivity index (χ0) is 23.6. The van der Waals surface area contributed by atoms with Crippen LogP contribution in [0.5, 0.6) is 5.75 Å². The number of nitrogens with one attached hydrogen (secondary N) is 1. The fraction of sp³-hybridized carbons (Fsp3) is 0.130. The number of amides is 1. The lowest BCUT2D eigenvalue weighted by Gasteiger charge is -2.27. The Bertz CT molecular complexity index is 1360. The lowest BCUT2D eigenvalue weighted by Crippen LogP contribution is -2.40. The summed E-state index contributed by atoms with van der Waals surface area (Å²) in [6.45, 7) is -0.410. The highest BCUT2D eigenvalue weighted by molar-refractivity contribution is 7.89. The van der Waals surface area contributed by atoms with Gasteiger partial charge < -0.3 is 10.1 Å². The van der Waals surface area contributed by atoms with E-state index < -0.39 is 28.3 Å². The maximum Gasteiger partial charge on any atom is 0.280 e. The minimum atomic E-state index is -4.16. The van der Waals surface area contributed by atoms with E-state index in [-0.39, 0.29) is 33.3 Å². The fourth-order valence-electron chi connectivity index (χ4n) is 3.38. The Hall–Kier alpha value is -3.43. The predicted molar refractivity (Wildman–Crippen MR) is 122 cm³/mol. The second-order valence-corrected chi connectivity index (χ2v) is 9.43. The van der Waals surface area contributed by atoms with Crippen LogP contribution in [-0.4, -0.2) is 38.1 Å². The highest BCUT2D eigenvalue weighted by Gasteiger charge is 2.35. The molecule has 33 heavy (non-hydrogen) atoms. The summed E-state index contributed by atoms with van der Waals surface area (Å²) in [7, 11) is -2.62. The lowest BCUT2D eigenvalue weighted by molar-refractivity contribution is -0.121. The molecule has 4 rings (SSSR count). The van der Waals surface area contributed by atoms with Crippen LogP contribution in [0, 0.1) is 5.82 Å². The molecule has 1 amide bonds. The van der Waals surface area contributed by atoms with Crippen LogP contribution < -0.4 is 10.1 Å². The van der Waals surface area contributed by atoms with Crippen molar-refractivity contribution in [2.75, 3.05) is 13.7 Å². The number of halogens is 2. The Kier molecular flexibility index (Phi) is 6.35. The SMILES string of the molecule is COc1cccc(CNC(=O)CN2N=C(c3ccccc3F)c3cc(Cl)ccc3S2(=O)=O)c1. The second kappa shape index (κ2) is 9.21. The van der Waals surface area contributed by atoms with Gasteiger partial charge >= 0.3 is 0 Å². The van der Waals surface area contributed by atoms with Gasteiger partial charge in [0.1, 0.15) is 23.8 Å². The zero-order valence-electron chi connectivity index (χ0n) is 17.5. The molecule has 0 bridgehead atoms. The summed E-state index contributed by atoms with van der Waals surface area (Å²) in [5.41, 5.74) is 1.11. The Morgan fingerprint density at radius 1 is 1.09 bits per heavy atom. The van der Waals surface area contributed by atoms with E-state index in [2.05, 4.69) is 10.4 Å². The van der Waals surface area contributed by atoms with E-state index in [4.69, 9.17) is 16.3 Å². The number of carbonyl (C=O) groups is 1. The molecule has 10 heteroatoms. The average Bonchev–Trinajstić information content (AvgIpc) is 2.80. The fourth-order valence-corrected chi connectivity index (χ4v) is 4.93. The summed E-state index contributed by atoms with van der Waals surface area (Å²) in [4.78, 5) is 12.5. The summed E-state index contributed by atoms with van der Waals surface area (Å²) < 4.78 is 46.7. The highest BCUT2D eigenvalue weighted by atomic mass is 35.5. The molecular weight excluding hydrogens is 469 g/mol. The number of hydrogen-bond acceptors (Lipinski definition) is 5. The van der Waals surface area contributed by atoms with Gasteiger partial charge in [0.15, 0.2) is 0 Å². The molecule has 1 aliphatic rings. The van der Waals surface area contributed by atoms with Gasteiger partial charge in [-0.25, -0.2) is 4.39 Å². The molecule has 1 N–H and O–H groups in total. The third-order valence-corrected chi connectivity index (χ3v) is 6.91. The molecule has 170 valence electrons. The minimum Gasteiger partial charge on any atom is -0.497 e. The molecule has 0 aliphatic carbocycles. The largest absolute Gasteiger partial charge is 0.497 e. The second-order valence-electron chi connectivity index (χ2n) is 7.18. The van der Waals surface area contributed by atoms with E-state index >= 15 is 0 Å². The number of hydrogen-bond donors (Lipinski definition) is 1. The van der Waals surface area contributed by atoms with Crippen molar-refractivity contribution in [2.24, 2.45) is 5.10 Å². The number of rotatable bonds is 6. The Morgan fingerprint density at radius 2 is 1.88 bits per heavy atom. The third-order valence-electron chi connectivity index (χ3n) is 5.00. The lowest BCUT2D eigenvalue weighted by atomic mass is 10.0. The molecule has 0 atom stereocenters. The summed E-state index contributed by atoms with van der Waals surface area (Å²) in [5.74, 6) is -0.519. The third kappa shape index (κ3) is 4.69. The van der Waals surface area contributed by atoms with Gasteiger partial charge in [0, 0.05) is 22.7 Å². The van der Waals surface area contributed by atoms with E-state index in [0.717, 1.165) is 5.56 Å². The summed E-state index contributed by atoms with van der Waals surface area (Å²) in [6.07, 6.45) is 0. The number of methoxy groups -OCH3 is 1. The minimum absolute atomic E-state index is 0.0704. The smallest absolute Gasteiger partial charge is 0.280 e. The molecule has 0 fully saturated rings. The van der Waals surface area contributed by atoms with Crippen molar-refractivity contribution in [3.05, 3.63) is 94.3 Å². The van der Waals surface area contributed by atoms with Crippen LogP contribution in [0.25, 0.3) is 0 Å². The van der Waals surface area contributed by atoms with Gasteiger partial charge in [0.2, 0.25) is 5.91 Å². The molecule has 3 aromatic rings. The van der Waals surface area contributed by atoms with E-state index in [1.807, 2.05) is 0 Å². The van der Waals surface area contributed by atoms with E-state index in [0.29, 0.717) is 10.2 Å². The van der Waals surface area contributed by atoms with Crippen LogP contribution in [0.3, 0.4) is 0 Å². The van der Waals surface area contributed by atoms with Gasteiger partial charge in [0.05, 0.1) is 12.0 Å². The Labute approximate surface area is 195 Å². The van der Waals surface area contributed by atoms with Gasteiger partial charge in [0.25, 0.3) is 10.0 Å². The van der Waals surface area contributed by atoms with Crippen LogP contribution in [-0.2, 0) is 21.4 Å². The van der Waals surface area contributed by atoms with Gasteiger partial charge in [-0.2, -0.15) is 17.9 Å². The maximum atomic E-state index is 14.5. The quantitative estimate of drug-likeness (QED) is 0.576. The van der Waals surface area contributed by atoms with Gasteiger partial charge in [-0.15, -0.1) is 0 Å². The molecule has 0 aromatic heterocycles. The monoisotopic (exact) mass is 487 g/mol. The number of nitrogens with zero attached hydrogens (tertiary/aromatic N) is 2. The topological polar surface area (TPSA) is 88.1 Å². The number of carbonyl (C=O) groups excluding carboxylic acids is 1. The maximum absolute atomic E-state index is 14.5. The first kappa shape index (κ1) is 22.8. The van der Waals surface area contributed by atoms with Crippen molar-refractivity contribution in [1.29, 1.82) is 0 Å². The van der Waals surface area contributed by atoms with Gasteiger partial charge in [-0.05, 0) is 48.0 Å². The molecule has 7 nitrogen and oxygen atoms in total. The molecule has 0 unspecified atom stereocenters. The first-order valence-electron chi connectivity index (χ1n) is 9.85. The number of fused-ring (bicyclic) bond motifs is 1. The molecule has 0 saturated heterocycles. The van der Waals surface area contributed by atoms with Crippen LogP contribution in [0.1, 0.15) is 16.7 Å². The highest BCUT2D eigenvalue weighted by Crippen LogP contribution is 2.31. The molecule has 1 heterocycles. The zero-order valence-corrected chi connectivity index (χ0v) is 19.0. The van der Waals surface area contributed by atoms with Crippen LogP contribution in [0.4, 0.5) is 4.39 Å². The van der Waals surface area contributed by atoms with Crippen molar-refractivity contribution in [1.82, 2.24) is 9.73 Å². The molecule has 0 saturated carbocycles. The van der Waals surface area contributed by atoms with Crippen LogP contribution in [0.15, 0.2) is 76.7 Å². The van der Waals surface area contributed by atoms with E-state index in [1.165, 1.54) is 43.5 Å².